The second kappa shape index (κ2) is 7.24. The molecule has 6 heteroatoms. The highest BCUT2D eigenvalue weighted by Crippen LogP contribution is 2.33. The molecule has 23 heavy (non-hydrogen) atoms. The van der Waals surface area contributed by atoms with Crippen LogP contribution < -0.4 is 19.5 Å². The number of hydrogen-bond acceptors (Lipinski definition) is 4. The molecule has 0 unspecified atom stereocenters. The largest absolute Gasteiger partial charge is 0.486 e. The Morgan fingerprint density at radius 2 is 1.91 bits per heavy atom. The van der Waals surface area contributed by atoms with E-state index in [1.165, 1.54) is 0 Å². The third-order valence-electron chi connectivity index (χ3n) is 3.32. The lowest BCUT2D eigenvalue weighted by Gasteiger charge is -2.18. The van der Waals surface area contributed by atoms with E-state index < -0.39 is 0 Å². The lowest BCUT2D eigenvalue weighted by Crippen LogP contribution is -2.28. The van der Waals surface area contributed by atoms with Gasteiger partial charge < -0.3 is 19.5 Å². The number of ether oxygens (including phenoxy) is 3. The van der Waals surface area contributed by atoms with E-state index in [2.05, 4.69) is 5.32 Å². The van der Waals surface area contributed by atoms with E-state index in [1.807, 2.05) is 18.2 Å². The van der Waals surface area contributed by atoms with Gasteiger partial charge in [0, 0.05) is 17.6 Å². The fourth-order valence-electron chi connectivity index (χ4n) is 2.15. The summed E-state index contributed by atoms with van der Waals surface area (Å²) in [6.07, 6.45) is 0. The van der Waals surface area contributed by atoms with Crippen LogP contribution >= 0.6 is 11.6 Å². The lowest BCUT2D eigenvalue weighted by molar-refractivity contribution is -0.123. The molecule has 1 N–H and O–H groups in total. The van der Waals surface area contributed by atoms with Gasteiger partial charge >= 0.3 is 0 Å². The smallest absolute Gasteiger partial charge is 0.258 e. The van der Waals surface area contributed by atoms with Gasteiger partial charge in [0.1, 0.15) is 19.0 Å². The van der Waals surface area contributed by atoms with Crippen molar-refractivity contribution in [1.82, 2.24) is 5.32 Å². The minimum absolute atomic E-state index is 0.0793. The maximum atomic E-state index is 11.9. The number of hydrogen-bond donors (Lipinski definition) is 1. The number of halogens is 1. The van der Waals surface area contributed by atoms with Crippen LogP contribution in [-0.4, -0.2) is 25.7 Å². The molecule has 1 heterocycles. The van der Waals surface area contributed by atoms with Crippen molar-refractivity contribution >= 4 is 17.5 Å². The molecule has 1 aliphatic heterocycles. The first-order chi connectivity index (χ1) is 11.2. The highest BCUT2D eigenvalue weighted by Gasteiger charge is 2.13. The van der Waals surface area contributed by atoms with Crippen LogP contribution in [0.25, 0.3) is 0 Å². The first kappa shape index (κ1) is 15.5. The Labute approximate surface area is 139 Å². The van der Waals surface area contributed by atoms with Gasteiger partial charge in [-0.15, -0.1) is 0 Å². The van der Waals surface area contributed by atoms with E-state index in [-0.39, 0.29) is 12.5 Å². The third-order valence-corrected chi connectivity index (χ3v) is 3.69. The molecule has 0 fully saturated rings. The SMILES string of the molecule is O=C(COc1ccc2c(c1)OCCO2)NCc1ccccc1Cl. The van der Waals surface area contributed by atoms with E-state index in [1.54, 1.807) is 24.3 Å². The molecule has 1 aliphatic rings. The molecule has 0 aliphatic carbocycles. The van der Waals surface area contributed by atoms with Gasteiger partial charge in [0.15, 0.2) is 18.1 Å². The zero-order valence-electron chi connectivity index (χ0n) is 12.4. The van der Waals surface area contributed by atoms with Crippen molar-refractivity contribution in [3.05, 3.63) is 53.1 Å². The number of fused-ring (bicyclic) bond motifs is 1. The summed E-state index contributed by atoms with van der Waals surface area (Å²) in [4.78, 5) is 11.9. The van der Waals surface area contributed by atoms with Crippen LogP contribution in [0.4, 0.5) is 0 Å². The molecule has 2 aromatic rings. The summed E-state index contributed by atoms with van der Waals surface area (Å²) in [5.41, 5.74) is 0.863. The molecule has 0 atom stereocenters. The van der Waals surface area contributed by atoms with E-state index in [0.29, 0.717) is 42.0 Å². The molecule has 2 aromatic carbocycles. The number of benzene rings is 2. The normalized spacial score (nSPS) is 12.6. The average Bonchev–Trinajstić information content (AvgIpc) is 2.59. The van der Waals surface area contributed by atoms with Crippen molar-refractivity contribution in [2.75, 3.05) is 19.8 Å². The molecule has 0 radical (unpaired) electrons. The highest BCUT2D eigenvalue weighted by molar-refractivity contribution is 6.31. The zero-order chi connectivity index (χ0) is 16.1. The van der Waals surface area contributed by atoms with Gasteiger partial charge in [0.05, 0.1) is 0 Å². The minimum Gasteiger partial charge on any atom is -0.486 e. The van der Waals surface area contributed by atoms with Crippen molar-refractivity contribution in [2.45, 2.75) is 6.54 Å². The van der Waals surface area contributed by atoms with E-state index in [0.717, 1.165) is 5.56 Å². The van der Waals surface area contributed by atoms with Crippen LogP contribution in [0.2, 0.25) is 5.02 Å². The minimum atomic E-state index is -0.222. The Kier molecular flexibility index (Phi) is 4.88. The predicted octanol–water partition coefficient (Wildman–Crippen LogP) is 2.81. The van der Waals surface area contributed by atoms with Crippen molar-refractivity contribution in [3.63, 3.8) is 0 Å². The van der Waals surface area contributed by atoms with Gasteiger partial charge in [0.2, 0.25) is 0 Å². The van der Waals surface area contributed by atoms with E-state index in [9.17, 15) is 4.79 Å². The Hall–Kier alpha value is -2.40. The molecule has 3 rings (SSSR count). The summed E-state index contributed by atoms with van der Waals surface area (Å²) >= 11 is 6.04. The quantitative estimate of drug-likeness (QED) is 0.914. The summed E-state index contributed by atoms with van der Waals surface area (Å²) < 4.78 is 16.4. The molecule has 0 aromatic heterocycles. The van der Waals surface area contributed by atoms with Gasteiger partial charge in [-0.3, -0.25) is 4.79 Å². The fraction of sp³-hybridized carbons (Fsp3) is 0.235. The third kappa shape index (κ3) is 4.07. The summed E-state index contributed by atoms with van der Waals surface area (Å²) in [5, 5.41) is 3.39. The van der Waals surface area contributed by atoms with Crippen LogP contribution in [0.5, 0.6) is 17.2 Å². The Morgan fingerprint density at radius 3 is 2.74 bits per heavy atom. The summed E-state index contributed by atoms with van der Waals surface area (Å²) in [5.74, 6) is 1.65. The summed E-state index contributed by atoms with van der Waals surface area (Å²) in [6.45, 7) is 1.33. The molecular weight excluding hydrogens is 318 g/mol. The molecule has 0 saturated carbocycles. The summed E-state index contributed by atoms with van der Waals surface area (Å²) in [7, 11) is 0. The molecule has 0 bridgehead atoms. The first-order valence-electron chi connectivity index (χ1n) is 7.25. The van der Waals surface area contributed by atoms with Gasteiger partial charge in [-0.1, -0.05) is 29.8 Å². The van der Waals surface area contributed by atoms with Gasteiger partial charge in [-0.25, -0.2) is 0 Å². The number of carbonyl (C=O) groups is 1. The molecule has 5 nitrogen and oxygen atoms in total. The van der Waals surface area contributed by atoms with Gasteiger partial charge in [-0.05, 0) is 23.8 Å². The van der Waals surface area contributed by atoms with Crippen LogP contribution in [0.1, 0.15) is 5.56 Å². The topological polar surface area (TPSA) is 56.8 Å². The standard InChI is InChI=1S/C17H16ClNO4/c18-14-4-2-1-3-12(14)10-19-17(20)11-23-13-5-6-15-16(9-13)22-8-7-21-15/h1-6,9H,7-8,10-11H2,(H,19,20). The van der Waals surface area contributed by atoms with Crippen LogP contribution in [-0.2, 0) is 11.3 Å². The van der Waals surface area contributed by atoms with Crippen LogP contribution in [0.15, 0.2) is 42.5 Å². The summed E-state index contributed by atoms with van der Waals surface area (Å²) in [6, 6.07) is 12.6. The van der Waals surface area contributed by atoms with E-state index >= 15 is 0 Å². The first-order valence-corrected chi connectivity index (χ1v) is 7.63. The Morgan fingerprint density at radius 1 is 1.13 bits per heavy atom. The van der Waals surface area contributed by atoms with Gasteiger partial charge in [0.25, 0.3) is 5.91 Å². The molecule has 0 spiro atoms. The number of nitrogens with one attached hydrogen (secondary N) is 1. The Balaban J connectivity index is 1.50. The highest BCUT2D eigenvalue weighted by atomic mass is 35.5. The molecule has 0 saturated heterocycles. The second-order valence-electron chi connectivity index (χ2n) is 4.96. The number of amides is 1. The van der Waals surface area contributed by atoms with Gasteiger partial charge in [-0.2, -0.15) is 0 Å². The van der Waals surface area contributed by atoms with Crippen molar-refractivity contribution < 1.29 is 19.0 Å². The van der Waals surface area contributed by atoms with E-state index in [4.69, 9.17) is 25.8 Å². The molecule has 1 amide bonds. The Bertz CT molecular complexity index is 705. The van der Waals surface area contributed by atoms with Crippen molar-refractivity contribution in [3.8, 4) is 17.2 Å². The monoisotopic (exact) mass is 333 g/mol. The second-order valence-corrected chi connectivity index (χ2v) is 5.37. The van der Waals surface area contributed by atoms with Crippen LogP contribution in [0.3, 0.4) is 0 Å². The van der Waals surface area contributed by atoms with Crippen molar-refractivity contribution in [1.29, 1.82) is 0 Å². The maximum absolute atomic E-state index is 11.9. The lowest BCUT2D eigenvalue weighted by atomic mass is 10.2. The van der Waals surface area contributed by atoms with Crippen molar-refractivity contribution in [2.24, 2.45) is 0 Å². The van der Waals surface area contributed by atoms with Crippen LogP contribution in [0, 0.1) is 0 Å². The average molecular weight is 334 g/mol. The maximum Gasteiger partial charge on any atom is 0.258 e. The fourth-order valence-corrected chi connectivity index (χ4v) is 2.35. The molecular formula is C17H16ClNO4. The zero-order valence-corrected chi connectivity index (χ0v) is 13.1. The number of carbonyl (C=O) groups excluding carboxylic acids is 1. The predicted molar refractivity (Wildman–Crippen MR) is 86.2 cm³/mol. The number of rotatable bonds is 5. The molecule has 120 valence electrons.